The van der Waals surface area contributed by atoms with Crippen LogP contribution in [0.15, 0.2) is 60.9 Å². The molecule has 1 aromatic heterocycles. The number of pyridine rings is 1. The first-order chi connectivity index (χ1) is 14.0. The number of nitrogens with zero attached hydrogens (tertiary/aromatic N) is 2. The van der Waals surface area contributed by atoms with Gasteiger partial charge in [0.1, 0.15) is 0 Å². The molecule has 1 aliphatic rings. The molecule has 1 fully saturated rings. The maximum atomic E-state index is 13.1. The molecule has 2 atom stereocenters. The van der Waals surface area contributed by atoms with Gasteiger partial charge in [-0.15, -0.1) is 0 Å². The Hall–Kier alpha value is -3.21. The molecule has 1 N–H and O–H groups in total. The number of anilines is 1. The lowest BCUT2D eigenvalue weighted by Gasteiger charge is -2.38. The summed E-state index contributed by atoms with van der Waals surface area (Å²) < 4.78 is 0. The van der Waals surface area contributed by atoms with Crippen molar-refractivity contribution in [1.29, 1.82) is 0 Å². The molecule has 0 unspecified atom stereocenters. The van der Waals surface area contributed by atoms with Gasteiger partial charge in [-0.2, -0.15) is 0 Å². The van der Waals surface area contributed by atoms with E-state index >= 15 is 0 Å². The van der Waals surface area contributed by atoms with Crippen molar-refractivity contribution >= 4 is 28.3 Å². The molecule has 0 aliphatic carbocycles. The van der Waals surface area contributed by atoms with Gasteiger partial charge in [0.05, 0.1) is 17.9 Å². The van der Waals surface area contributed by atoms with Crippen molar-refractivity contribution in [2.75, 3.05) is 11.9 Å². The molecule has 2 amide bonds. The van der Waals surface area contributed by atoms with Crippen LogP contribution < -0.4 is 5.32 Å². The lowest BCUT2D eigenvalue weighted by atomic mass is 9.89. The number of rotatable bonds is 2. The van der Waals surface area contributed by atoms with E-state index in [2.05, 4.69) is 47.6 Å². The van der Waals surface area contributed by atoms with Crippen LogP contribution in [0.4, 0.5) is 5.69 Å². The van der Waals surface area contributed by atoms with Crippen molar-refractivity contribution in [2.45, 2.75) is 32.7 Å². The van der Waals surface area contributed by atoms with E-state index < -0.39 is 11.8 Å². The van der Waals surface area contributed by atoms with Gasteiger partial charge in [-0.25, -0.2) is 0 Å². The molecule has 5 heteroatoms. The minimum absolute atomic E-state index is 0.0929. The zero-order valence-electron chi connectivity index (χ0n) is 16.8. The standard InChI is InChI=1S/C24H25N3O2/c1-16-7-10-22(20-9-8-18-5-3-4-6-19(18)12-20)27(15-16)24(29)23(28)26-21-11-17(2)13-25-14-21/h3-6,8-9,11-14,16,22H,7,10,15H2,1-2H3,(H,26,28)/t16-,22+/m0/s1. The van der Waals surface area contributed by atoms with Gasteiger partial charge in [-0.1, -0.05) is 43.3 Å². The normalized spacial score (nSPS) is 19.2. The Bertz CT molecular complexity index is 1060. The van der Waals surface area contributed by atoms with E-state index in [1.165, 1.54) is 5.39 Å². The summed E-state index contributed by atoms with van der Waals surface area (Å²) in [5.41, 5.74) is 2.54. The van der Waals surface area contributed by atoms with Crippen LogP contribution in [0.3, 0.4) is 0 Å². The second kappa shape index (κ2) is 8.03. The van der Waals surface area contributed by atoms with Gasteiger partial charge in [-0.3, -0.25) is 14.6 Å². The van der Waals surface area contributed by atoms with Gasteiger partial charge in [0, 0.05) is 12.7 Å². The molecule has 1 saturated heterocycles. The topological polar surface area (TPSA) is 62.3 Å². The van der Waals surface area contributed by atoms with Crippen molar-refractivity contribution in [3.63, 3.8) is 0 Å². The molecule has 0 spiro atoms. The number of hydrogen-bond donors (Lipinski definition) is 1. The first-order valence-corrected chi connectivity index (χ1v) is 10.0. The third-order valence-corrected chi connectivity index (χ3v) is 5.56. The largest absolute Gasteiger partial charge is 0.327 e. The number of amides is 2. The second-order valence-corrected chi connectivity index (χ2v) is 7.97. The van der Waals surface area contributed by atoms with E-state index in [1.807, 2.05) is 19.1 Å². The smallest absolute Gasteiger partial charge is 0.313 e. The zero-order valence-corrected chi connectivity index (χ0v) is 16.8. The summed E-state index contributed by atoms with van der Waals surface area (Å²) in [7, 11) is 0. The molecule has 148 valence electrons. The number of aryl methyl sites for hydroxylation is 1. The summed E-state index contributed by atoms with van der Waals surface area (Å²) in [6, 6.07) is 16.2. The highest BCUT2D eigenvalue weighted by Gasteiger charge is 2.34. The number of aromatic nitrogens is 1. The third kappa shape index (κ3) is 4.14. The number of piperidine rings is 1. The molecule has 3 aromatic rings. The van der Waals surface area contributed by atoms with Crippen LogP contribution in [0, 0.1) is 12.8 Å². The van der Waals surface area contributed by atoms with Crippen LogP contribution in [0.1, 0.15) is 36.9 Å². The summed E-state index contributed by atoms with van der Waals surface area (Å²) in [5.74, 6) is -0.738. The summed E-state index contributed by atoms with van der Waals surface area (Å²) >= 11 is 0. The fourth-order valence-corrected chi connectivity index (χ4v) is 4.08. The quantitative estimate of drug-likeness (QED) is 0.660. The van der Waals surface area contributed by atoms with Crippen LogP contribution in [0.25, 0.3) is 10.8 Å². The van der Waals surface area contributed by atoms with Crippen LogP contribution in [0.2, 0.25) is 0 Å². The molecular formula is C24H25N3O2. The van der Waals surface area contributed by atoms with E-state index in [1.54, 1.807) is 23.4 Å². The van der Waals surface area contributed by atoms with E-state index in [4.69, 9.17) is 0 Å². The highest BCUT2D eigenvalue weighted by Crippen LogP contribution is 2.34. The predicted octanol–water partition coefficient (Wildman–Crippen LogP) is 4.48. The van der Waals surface area contributed by atoms with Gasteiger partial charge >= 0.3 is 11.8 Å². The summed E-state index contributed by atoms with van der Waals surface area (Å²) in [6.07, 6.45) is 5.15. The Morgan fingerprint density at radius 1 is 1.03 bits per heavy atom. The molecule has 5 nitrogen and oxygen atoms in total. The Kier molecular flexibility index (Phi) is 5.30. The van der Waals surface area contributed by atoms with E-state index in [0.717, 1.165) is 29.4 Å². The van der Waals surface area contributed by atoms with Crippen LogP contribution in [0.5, 0.6) is 0 Å². The molecule has 2 heterocycles. The third-order valence-electron chi connectivity index (χ3n) is 5.56. The minimum atomic E-state index is -0.614. The molecule has 1 aliphatic heterocycles. The van der Waals surface area contributed by atoms with Crippen molar-refractivity contribution in [2.24, 2.45) is 5.92 Å². The van der Waals surface area contributed by atoms with Crippen molar-refractivity contribution < 1.29 is 9.59 Å². The van der Waals surface area contributed by atoms with Gasteiger partial charge in [-0.05, 0) is 59.7 Å². The van der Waals surface area contributed by atoms with Crippen molar-refractivity contribution in [3.8, 4) is 0 Å². The molecule has 0 bridgehead atoms. The highest BCUT2D eigenvalue weighted by atomic mass is 16.2. The number of carbonyl (C=O) groups is 2. The first kappa shape index (κ1) is 19.1. The lowest BCUT2D eigenvalue weighted by Crippen LogP contribution is -2.46. The highest BCUT2D eigenvalue weighted by molar-refractivity contribution is 6.39. The maximum Gasteiger partial charge on any atom is 0.313 e. The fourth-order valence-electron chi connectivity index (χ4n) is 4.08. The maximum absolute atomic E-state index is 13.1. The number of carbonyl (C=O) groups excluding carboxylic acids is 2. The van der Waals surface area contributed by atoms with Crippen LogP contribution in [-0.4, -0.2) is 28.2 Å². The average molecular weight is 387 g/mol. The number of nitrogens with one attached hydrogen (secondary N) is 1. The minimum Gasteiger partial charge on any atom is -0.327 e. The first-order valence-electron chi connectivity index (χ1n) is 10.0. The summed E-state index contributed by atoms with van der Waals surface area (Å²) in [6.45, 7) is 4.60. The fraction of sp³-hybridized carbons (Fsp3) is 0.292. The lowest BCUT2D eigenvalue weighted by molar-refractivity contribution is -0.146. The SMILES string of the molecule is Cc1cncc(NC(=O)C(=O)N2C[C@@H](C)CC[C@@H]2c2ccc3ccccc3c2)c1. The molecule has 4 rings (SSSR count). The number of fused-ring (bicyclic) bond motifs is 1. The second-order valence-electron chi connectivity index (χ2n) is 7.97. The number of benzene rings is 2. The van der Waals surface area contributed by atoms with Gasteiger partial charge in [0.15, 0.2) is 0 Å². The Balaban J connectivity index is 1.59. The van der Waals surface area contributed by atoms with Crippen LogP contribution in [-0.2, 0) is 9.59 Å². The molecule has 0 radical (unpaired) electrons. The molecular weight excluding hydrogens is 362 g/mol. The Morgan fingerprint density at radius 2 is 1.83 bits per heavy atom. The molecule has 0 saturated carbocycles. The van der Waals surface area contributed by atoms with Crippen LogP contribution >= 0.6 is 0 Å². The Labute approximate surface area is 170 Å². The van der Waals surface area contributed by atoms with Gasteiger partial charge in [0.2, 0.25) is 0 Å². The zero-order chi connectivity index (χ0) is 20.4. The van der Waals surface area contributed by atoms with Gasteiger partial charge in [0.25, 0.3) is 0 Å². The van der Waals surface area contributed by atoms with E-state index in [9.17, 15) is 9.59 Å². The van der Waals surface area contributed by atoms with E-state index in [-0.39, 0.29) is 6.04 Å². The average Bonchev–Trinajstić information content (AvgIpc) is 2.73. The summed E-state index contributed by atoms with van der Waals surface area (Å²) in [5, 5.41) is 5.02. The number of likely N-dealkylation sites (tertiary alicyclic amines) is 1. The van der Waals surface area contributed by atoms with Gasteiger partial charge < -0.3 is 10.2 Å². The monoisotopic (exact) mass is 387 g/mol. The van der Waals surface area contributed by atoms with Crippen molar-refractivity contribution in [1.82, 2.24) is 9.88 Å². The summed E-state index contributed by atoms with van der Waals surface area (Å²) in [4.78, 5) is 31.6. The Morgan fingerprint density at radius 3 is 2.62 bits per heavy atom. The van der Waals surface area contributed by atoms with E-state index in [0.29, 0.717) is 18.2 Å². The predicted molar refractivity (Wildman–Crippen MR) is 114 cm³/mol. The van der Waals surface area contributed by atoms with Crippen molar-refractivity contribution in [3.05, 3.63) is 72.1 Å². The number of hydrogen-bond acceptors (Lipinski definition) is 3. The molecule has 2 aromatic carbocycles. The molecule has 29 heavy (non-hydrogen) atoms.